The Morgan fingerprint density at radius 2 is 2.15 bits per heavy atom. The molecule has 3 heteroatoms. The molecule has 0 aromatic heterocycles. The van der Waals surface area contributed by atoms with Gasteiger partial charge < -0.3 is 9.94 Å². The number of rotatable bonds is 3. The summed E-state index contributed by atoms with van der Waals surface area (Å²) in [6, 6.07) is 0.284. The first kappa shape index (κ1) is 9.44. The van der Waals surface area contributed by atoms with E-state index in [1.165, 1.54) is 25.7 Å². The van der Waals surface area contributed by atoms with Gasteiger partial charge in [0.25, 0.3) is 0 Å². The molecule has 2 atom stereocenters. The molecule has 2 aliphatic carbocycles. The van der Waals surface area contributed by atoms with Crippen molar-refractivity contribution in [1.82, 2.24) is 5.48 Å². The van der Waals surface area contributed by atoms with E-state index < -0.39 is 0 Å². The molecule has 2 rings (SSSR count). The van der Waals surface area contributed by atoms with E-state index >= 15 is 0 Å². The summed E-state index contributed by atoms with van der Waals surface area (Å²) in [5.41, 5.74) is 2.71. The largest absolute Gasteiger partial charge is 0.378 e. The Balaban J connectivity index is 2.01. The lowest BCUT2D eigenvalue weighted by Crippen LogP contribution is -2.62. The maximum absolute atomic E-state index is 8.99. The zero-order chi connectivity index (χ0) is 9.31. The highest BCUT2D eigenvalue weighted by atomic mass is 16.5. The van der Waals surface area contributed by atoms with Crippen molar-refractivity contribution in [2.24, 2.45) is 5.41 Å². The predicted octanol–water partition coefficient (Wildman–Crippen LogP) is 1.70. The van der Waals surface area contributed by atoms with E-state index in [0.29, 0.717) is 6.10 Å². The van der Waals surface area contributed by atoms with Gasteiger partial charge in [-0.2, -0.15) is 0 Å². The third-order valence-electron chi connectivity index (χ3n) is 3.84. The smallest absolute Gasteiger partial charge is 0.0662 e. The molecule has 1 spiro atoms. The molecule has 2 unspecified atom stereocenters. The molecule has 76 valence electrons. The lowest BCUT2D eigenvalue weighted by Gasteiger charge is -2.53. The summed E-state index contributed by atoms with van der Waals surface area (Å²) in [5, 5.41) is 8.99. The minimum Gasteiger partial charge on any atom is -0.378 e. The first-order valence-corrected chi connectivity index (χ1v) is 5.34. The summed E-state index contributed by atoms with van der Waals surface area (Å²) in [6.07, 6.45) is 6.39. The molecule has 0 amide bonds. The summed E-state index contributed by atoms with van der Waals surface area (Å²) in [5.74, 6) is 0. The lowest BCUT2D eigenvalue weighted by atomic mass is 9.61. The number of hydrogen-bond donors (Lipinski definition) is 2. The highest BCUT2D eigenvalue weighted by Crippen LogP contribution is 2.54. The highest BCUT2D eigenvalue weighted by molar-refractivity contribution is 5.08. The molecule has 0 aliphatic heterocycles. The normalized spacial score (nSPS) is 36.5. The molecule has 3 nitrogen and oxygen atoms in total. The van der Waals surface area contributed by atoms with E-state index in [1.807, 2.05) is 6.92 Å². The van der Waals surface area contributed by atoms with Crippen molar-refractivity contribution >= 4 is 0 Å². The van der Waals surface area contributed by atoms with Crippen LogP contribution in [0.5, 0.6) is 0 Å². The van der Waals surface area contributed by atoms with Crippen LogP contribution in [0.3, 0.4) is 0 Å². The van der Waals surface area contributed by atoms with Crippen LogP contribution in [-0.4, -0.2) is 24.0 Å². The fourth-order valence-corrected chi connectivity index (χ4v) is 3.07. The van der Waals surface area contributed by atoms with Crippen LogP contribution in [0.4, 0.5) is 0 Å². The Morgan fingerprint density at radius 1 is 1.46 bits per heavy atom. The van der Waals surface area contributed by atoms with Crippen LogP contribution < -0.4 is 5.48 Å². The Hall–Kier alpha value is -0.120. The summed E-state index contributed by atoms with van der Waals surface area (Å²) in [7, 11) is 0. The molecule has 13 heavy (non-hydrogen) atoms. The maximum atomic E-state index is 8.99. The van der Waals surface area contributed by atoms with Crippen LogP contribution in [0.1, 0.15) is 39.0 Å². The molecule has 2 fully saturated rings. The second-order valence-electron chi connectivity index (χ2n) is 4.30. The number of nitrogens with one attached hydrogen (secondary N) is 1. The van der Waals surface area contributed by atoms with E-state index in [2.05, 4.69) is 5.48 Å². The molecule has 0 aromatic carbocycles. The van der Waals surface area contributed by atoms with Crippen molar-refractivity contribution in [2.45, 2.75) is 51.2 Å². The first-order chi connectivity index (χ1) is 6.33. The maximum Gasteiger partial charge on any atom is 0.0662 e. The van der Waals surface area contributed by atoms with Crippen molar-refractivity contribution < 1.29 is 9.94 Å². The molecule has 2 N–H and O–H groups in total. The number of hydroxylamine groups is 1. The molecule has 0 saturated heterocycles. The molecule has 0 heterocycles. The second kappa shape index (κ2) is 3.56. The predicted molar refractivity (Wildman–Crippen MR) is 49.6 cm³/mol. The van der Waals surface area contributed by atoms with Gasteiger partial charge >= 0.3 is 0 Å². The van der Waals surface area contributed by atoms with Crippen molar-refractivity contribution in [3.05, 3.63) is 0 Å². The van der Waals surface area contributed by atoms with E-state index in [9.17, 15) is 0 Å². The van der Waals surface area contributed by atoms with Gasteiger partial charge in [-0.15, -0.1) is 0 Å². The third kappa shape index (κ3) is 1.30. The van der Waals surface area contributed by atoms with E-state index in [-0.39, 0.29) is 11.5 Å². The molecule has 2 saturated carbocycles. The summed E-state index contributed by atoms with van der Waals surface area (Å²) < 4.78 is 5.70. The zero-order valence-electron chi connectivity index (χ0n) is 8.25. The van der Waals surface area contributed by atoms with Crippen molar-refractivity contribution in [2.75, 3.05) is 6.61 Å². The molecule has 0 bridgehead atoms. The van der Waals surface area contributed by atoms with Gasteiger partial charge in [-0.3, -0.25) is 0 Å². The summed E-state index contributed by atoms with van der Waals surface area (Å²) in [4.78, 5) is 0. The van der Waals surface area contributed by atoms with Gasteiger partial charge in [-0.1, -0.05) is 12.8 Å². The van der Waals surface area contributed by atoms with Gasteiger partial charge in [-0.25, -0.2) is 5.48 Å². The Morgan fingerprint density at radius 3 is 2.69 bits per heavy atom. The Labute approximate surface area is 79.4 Å². The number of ether oxygens (including phenoxy) is 1. The van der Waals surface area contributed by atoms with Gasteiger partial charge in [-0.05, 0) is 26.2 Å². The van der Waals surface area contributed by atoms with Gasteiger partial charge in [0.05, 0.1) is 6.10 Å². The fourth-order valence-electron chi connectivity index (χ4n) is 3.07. The van der Waals surface area contributed by atoms with Crippen LogP contribution in [0.15, 0.2) is 0 Å². The average molecular weight is 185 g/mol. The van der Waals surface area contributed by atoms with Gasteiger partial charge in [0.2, 0.25) is 0 Å². The zero-order valence-corrected chi connectivity index (χ0v) is 8.25. The highest BCUT2D eigenvalue weighted by Gasteiger charge is 2.56. The SMILES string of the molecule is CCOC1CC(NO)C12CCCC2. The first-order valence-electron chi connectivity index (χ1n) is 5.34. The third-order valence-corrected chi connectivity index (χ3v) is 3.84. The van der Waals surface area contributed by atoms with Crippen LogP contribution in [0.25, 0.3) is 0 Å². The van der Waals surface area contributed by atoms with E-state index in [0.717, 1.165) is 13.0 Å². The van der Waals surface area contributed by atoms with Crippen LogP contribution >= 0.6 is 0 Å². The topological polar surface area (TPSA) is 41.5 Å². The molecule has 0 radical (unpaired) electrons. The Bertz CT molecular complexity index is 178. The van der Waals surface area contributed by atoms with Crippen molar-refractivity contribution in [3.63, 3.8) is 0 Å². The van der Waals surface area contributed by atoms with Gasteiger partial charge in [0.1, 0.15) is 0 Å². The van der Waals surface area contributed by atoms with Crippen molar-refractivity contribution in [3.8, 4) is 0 Å². The molecule has 2 aliphatic rings. The monoisotopic (exact) mass is 185 g/mol. The van der Waals surface area contributed by atoms with Crippen LogP contribution in [0, 0.1) is 5.41 Å². The van der Waals surface area contributed by atoms with E-state index in [1.54, 1.807) is 0 Å². The number of hydrogen-bond acceptors (Lipinski definition) is 3. The van der Waals surface area contributed by atoms with Crippen LogP contribution in [-0.2, 0) is 4.74 Å². The average Bonchev–Trinajstić information content (AvgIpc) is 2.62. The van der Waals surface area contributed by atoms with Crippen molar-refractivity contribution in [1.29, 1.82) is 0 Å². The summed E-state index contributed by atoms with van der Waals surface area (Å²) in [6.45, 7) is 2.84. The molecule has 0 aromatic rings. The van der Waals surface area contributed by atoms with Gasteiger partial charge in [0, 0.05) is 18.1 Å². The Kier molecular flexibility index (Phi) is 2.58. The molecular formula is C10H19NO2. The minimum atomic E-state index is 0.269. The minimum absolute atomic E-state index is 0.269. The lowest BCUT2D eigenvalue weighted by molar-refractivity contribution is -0.156. The summed E-state index contributed by atoms with van der Waals surface area (Å²) >= 11 is 0. The quantitative estimate of drug-likeness (QED) is 0.658. The van der Waals surface area contributed by atoms with Crippen LogP contribution in [0.2, 0.25) is 0 Å². The second-order valence-corrected chi connectivity index (χ2v) is 4.30. The molecular weight excluding hydrogens is 166 g/mol. The van der Waals surface area contributed by atoms with Gasteiger partial charge in [0.15, 0.2) is 0 Å². The standard InChI is InChI=1S/C10H19NO2/c1-2-13-9-7-8(11-12)10(9)5-3-4-6-10/h8-9,11-12H,2-7H2,1H3. The van der Waals surface area contributed by atoms with E-state index in [4.69, 9.17) is 9.94 Å². The fraction of sp³-hybridized carbons (Fsp3) is 1.00.